The van der Waals surface area contributed by atoms with Crippen molar-refractivity contribution in [3.05, 3.63) is 36.5 Å². The van der Waals surface area contributed by atoms with Crippen LogP contribution < -0.4 is 20.1 Å². The molecule has 3 rings (SSSR count). The quantitative estimate of drug-likeness (QED) is 0.499. The van der Waals surface area contributed by atoms with E-state index in [2.05, 4.69) is 30.8 Å². The molecule has 174 valence electrons. The number of methoxy groups -OCH3 is 1. The van der Waals surface area contributed by atoms with E-state index in [-0.39, 0.29) is 29.4 Å². The number of anilines is 3. The average Bonchev–Trinajstić information content (AvgIpc) is 2.72. The summed E-state index contributed by atoms with van der Waals surface area (Å²) in [5, 5.41) is 13.3. The van der Waals surface area contributed by atoms with Gasteiger partial charge in [-0.2, -0.15) is 0 Å². The first kappa shape index (κ1) is 19.9. The summed E-state index contributed by atoms with van der Waals surface area (Å²) >= 11 is 0. The van der Waals surface area contributed by atoms with Crippen LogP contribution in [-0.4, -0.2) is 53.9 Å². The molecule has 0 radical (unpaired) electrons. The Balaban J connectivity index is 2.09. The Labute approximate surface area is 195 Å². The van der Waals surface area contributed by atoms with E-state index >= 15 is 0 Å². The van der Waals surface area contributed by atoms with Crippen LogP contribution in [0.4, 0.5) is 17.3 Å². The predicted molar refractivity (Wildman–Crippen MR) is 123 cm³/mol. The zero-order chi connectivity index (χ0) is 26.7. The number of hydrogen-bond donors (Lipinski definition) is 2. The molecule has 0 aliphatic carbocycles. The SMILES string of the molecule is [2H]C([2H])([2H])Oc1cc(Nc2cc(NC(C)=O)ncc2-c2ccc(OC(C)C)nn2)nc(S(C)(=O)=O)c1. The van der Waals surface area contributed by atoms with Crippen molar-refractivity contribution in [1.29, 1.82) is 0 Å². The van der Waals surface area contributed by atoms with Gasteiger partial charge in [0.1, 0.15) is 17.4 Å². The van der Waals surface area contributed by atoms with Gasteiger partial charge in [0.05, 0.1) is 28.6 Å². The van der Waals surface area contributed by atoms with Gasteiger partial charge in [0.15, 0.2) is 14.9 Å². The van der Waals surface area contributed by atoms with Gasteiger partial charge in [-0.1, -0.05) is 0 Å². The summed E-state index contributed by atoms with van der Waals surface area (Å²) in [4.78, 5) is 19.8. The molecule has 12 heteroatoms. The van der Waals surface area contributed by atoms with E-state index in [1.807, 2.05) is 13.8 Å². The third kappa shape index (κ3) is 6.35. The van der Waals surface area contributed by atoms with Crippen molar-refractivity contribution in [1.82, 2.24) is 20.2 Å². The molecule has 0 unspecified atom stereocenters. The van der Waals surface area contributed by atoms with Crippen molar-refractivity contribution in [2.75, 3.05) is 23.9 Å². The zero-order valence-electron chi connectivity index (χ0n) is 21.3. The standard InChI is InChI=1S/C21H24N6O5S/c1-12(2)32-20-7-6-16(26-27-20)15-11-22-18(23-13(3)28)10-17(15)24-19-8-14(31-4)9-21(25-19)33(5,29)30/h6-12H,1-5H3,(H2,22,23,24,25,28)/i4D3. The van der Waals surface area contributed by atoms with Crippen molar-refractivity contribution in [3.8, 4) is 22.9 Å². The van der Waals surface area contributed by atoms with Gasteiger partial charge >= 0.3 is 0 Å². The van der Waals surface area contributed by atoms with Crippen LogP contribution in [0.2, 0.25) is 0 Å². The topological polar surface area (TPSA) is 145 Å². The zero-order valence-corrected chi connectivity index (χ0v) is 19.1. The Hall–Kier alpha value is -3.80. The van der Waals surface area contributed by atoms with Gasteiger partial charge in [-0.25, -0.2) is 18.4 Å². The number of carbonyl (C=O) groups is 1. The smallest absolute Gasteiger partial charge is 0.233 e. The van der Waals surface area contributed by atoms with Crippen molar-refractivity contribution in [3.63, 3.8) is 0 Å². The third-order valence-electron chi connectivity index (χ3n) is 4.02. The van der Waals surface area contributed by atoms with E-state index in [0.717, 1.165) is 12.3 Å². The Morgan fingerprint density at radius 1 is 1.15 bits per heavy atom. The first-order valence-corrected chi connectivity index (χ1v) is 11.6. The molecule has 0 atom stereocenters. The largest absolute Gasteiger partial charge is 0.497 e. The van der Waals surface area contributed by atoms with Crippen LogP contribution in [0.25, 0.3) is 11.3 Å². The molecule has 33 heavy (non-hydrogen) atoms. The van der Waals surface area contributed by atoms with Crippen LogP contribution in [0.5, 0.6) is 11.6 Å². The Morgan fingerprint density at radius 3 is 2.55 bits per heavy atom. The minimum absolute atomic E-state index is 0.0360. The van der Waals surface area contributed by atoms with Crippen molar-refractivity contribution >= 4 is 33.1 Å². The second kappa shape index (κ2) is 9.77. The van der Waals surface area contributed by atoms with Crippen LogP contribution >= 0.6 is 0 Å². The normalized spacial score (nSPS) is 12.9. The first-order valence-electron chi connectivity index (χ1n) is 11.2. The molecule has 3 aromatic heterocycles. The molecule has 0 saturated heterocycles. The molecular formula is C21H24N6O5S. The summed E-state index contributed by atoms with van der Waals surface area (Å²) < 4.78 is 56.7. The Bertz CT molecular complexity index is 1370. The van der Waals surface area contributed by atoms with E-state index < -0.39 is 21.9 Å². The molecule has 0 fully saturated rings. The summed E-state index contributed by atoms with van der Waals surface area (Å²) in [6, 6.07) is 7.00. The summed E-state index contributed by atoms with van der Waals surface area (Å²) in [6.45, 7) is 5.02. The van der Waals surface area contributed by atoms with Crippen LogP contribution in [-0.2, 0) is 14.6 Å². The van der Waals surface area contributed by atoms with Crippen LogP contribution in [0.3, 0.4) is 0 Å². The maximum absolute atomic E-state index is 12.2. The molecule has 0 aromatic carbocycles. The van der Waals surface area contributed by atoms with Crippen LogP contribution in [0, 0.1) is 0 Å². The van der Waals surface area contributed by atoms with Gasteiger partial charge in [-0.05, 0) is 19.9 Å². The molecule has 11 nitrogen and oxygen atoms in total. The highest BCUT2D eigenvalue weighted by Crippen LogP contribution is 2.32. The van der Waals surface area contributed by atoms with E-state index in [0.29, 0.717) is 22.8 Å². The van der Waals surface area contributed by atoms with Gasteiger partial charge in [0.25, 0.3) is 0 Å². The van der Waals surface area contributed by atoms with Gasteiger partial charge in [-0.3, -0.25) is 4.79 Å². The maximum atomic E-state index is 12.2. The molecule has 0 aliphatic heterocycles. The Kier molecular flexibility index (Phi) is 5.88. The predicted octanol–water partition coefficient (Wildman–Crippen LogP) is 2.83. The lowest BCUT2D eigenvalue weighted by Crippen LogP contribution is -2.09. The molecule has 3 heterocycles. The number of pyridine rings is 2. The lowest BCUT2D eigenvalue weighted by Gasteiger charge is -2.14. The fourth-order valence-corrected chi connectivity index (χ4v) is 3.31. The molecular weight excluding hydrogens is 448 g/mol. The van der Waals surface area contributed by atoms with Gasteiger partial charge in [0.2, 0.25) is 11.8 Å². The van der Waals surface area contributed by atoms with Crippen molar-refractivity contribution in [2.45, 2.75) is 31.9 Å². The van der Waals surface area contributed by atoms with Gasteiger partial charge in [-0.15, -0.1) is 10.2 Å². The van der Waals surface area contributed by atoms with E-state index in [1.54, 1.807) is 12.1 Å². The number of amides is 1. The first-order chi connectivity index (χ1) is 16.7. The molecule has 1 amide bonds. The lowest BCUT2D eigenvalue weighted by molar-refractivity contribution is -0.114. The number of rotatable bonds is 8. The minimum atomic E-state index is -3.82. The molecule has 0 saturated carbocycles. The molecule has 3 aromatic rings. The second-order valence-corrected chi connectivity index (χ2v) is 9.21. The highest BCUT2D eigenvalue weighted by Gasteiger charge is 2.16. The number of carbonyl (C=O) groups excluding carboxylic acids is 1. The molecule has 0 spiro atoms. The molecule has 2 N–H and O–H groups in total. The number of nitrogens with zero attached hydrogens (tertiary/aromatic N) is 4. The van der Waals surface area contributed by atoms with E-state index in [1.165, 1.54) is 25.3 Å². The average molecular weight is 476 g/mol. The van der Waals surface area contributed by atoms with Gasteiger partial charge in [0, 0.05) is 49.2 Å². The summed E-state index contributed by atoms with van der Waals surface area (Å²) in [5.41, 5.74) is 1.13. The van der Waals surface area contributed by atoms with Crippen LogP contribution in [0.15, 0.2) is 41.6 Å². The van der Waals surface area contributed by atoms with Crippen molar-refractivity contribution < 1.29 is 26.8 Å². The fourth-order valence-electron chi connectivity index (χ4n) is 2.71. The van der Waals surface area contributed by atoms with Crippen LogP contribution in [0.1, 0.15) is 24.9 Å². The van der Waals surface area contributed by atoms with Crippen molar-refractivity contribution in [2.24, 2.45) is 0 Å². The number of nitrogens with one attached hydrogen (secondary N) is 2. The number of ether oxygens (including phenoxy) is 2. The van der Waals surface area contributed by atoms with E-state index in [9.17, 15) is 13.2 Å². The monoisotopic (exact) mass is 475 g/mol. The summed E-state index contributed by atoms with van der Waals surface area (Å²) in [5.74, 6) is -0.117. The summed E-state index contributed by atoms with van der Waals surface area (Å²) in [6.07, 6.45) is 2.27. The maximum Gasteiger partial charge on any atom is 0.233 e. The number of aromatic nitrogens is 4. The molecule has 0 aliphatic rings. The second-order valence-electron chi connectivity index (χ2n) is 7.25. The highest BCUT2D eigenvalue weighted by molar-refractivity contribution is 7.90. The minimum Gasteiger partial charge on any atom is -0.497 e. The third-order valence-corrected chi connectivity index (χ3v) is 4.99. The number of sulfone groups is 1. The number of hydrogen-bond acceptors (Lipinski definition) is 10. The summed E-state index contributed by atoms with van der Waals surface area (Å²) in [7, 11) is -6.63. The fraction of sp³-hybridized carbons (Fsp3) is 0.286. The van der Waals surface area contributed by atoms with Gasteiger partial charge < -0.3 is 20.1 Å². The van der Waals surface area contributed by atoms with E-state index in [4.69, 9.17) is 13.6 Å². The lowest BCUT2D eigenvalue weighted by atomic mass is 10.1. The highest BCUT2D eigenvalue weighted by atomic mass is 32.2. The Morgan fingerprint density at radius 2 is 1.94 bits per heavy atom. The molecule has 0 bridgehead atoms.